The van der Waals surface area contributed by atoms with Gasteiger partial charge < -0.3 is 11.1 Å². The molecule has 0 unspecified atom stereocenters. The molecule has 5 nitrogen and oxygen atoms in total. The summed E-state index contributed by atoms with van der Waals surface area (Å²) in [7, 11) is 0. The fourth-order valence-corrected chi connectivity index (χ4v) is 2.95. The van der Waals surface area contributed by atoms with E-state index in [-0.39, 0.29) is 23.8 Å². The van der Waals surface area contributed by atoms with Crippen molar-refractivity contribution in [3.63, 3.8) is 0 Å². The normalized spacial score (nSPS) is 18.2. The monoisotopic (exact) mass is 353 g/mol. The largest absolute Gasteiger partial charge is 0.369 e. The molecule has 1 aromatic rings. The summed E-state index contributed by atoms with van der Waals surface area (Å²) in [5, 5.41) is 2.91. The Hall–Kier alpha value is -1.40. The number of nitrogens with two attached hydrogens (primary N) is 1. The lowest BCUT2D eigenvalue weighted by Crippen LogP contribution is -2.47. The Kier molecular flexibility index (Phi) is 5.36. The number of piperidine rings is 1. The number of anilines is 1. The highest BCUT2D eigenvalue weighted by Crippen LogP contribution is 2.20. The van der Waals surface area contributed by atoms with Crippen molar-refractivity contribution in [1.82, 2.24) is 4.90 Å². The number of rotatable bonds is 4. The third-order valence-electron chi connectivity index (χ3n) is 3.95. The highest BCUT2D eigenvalue weighted by molar-refractivity contribution is 9.10. The molecule has 1 fully saturated rings. The highest BCUT2D eigenvalue weighted by atomic mass is 79.9. The lowest BCUT2D eigenvalue weighted by molar-refractivity contribution is -0.124. The molecule has 0 aromatic heterocycles. The van der Waals surface area contributed by atoms with Gasteiger partial charge in [-0.25, -0.2) is 0 Å². The van der Waals surface area contributed by atoms with Crippen molar-refractivity contribution in [2.75, 3.05) is 18.4 Å². The van der Waals surface area contributed by atoms with Gasteiger partial charge in [-0.2, -0.15) is 0 Å². The summed E-state index contributed by atoms with van der Waals surface area (Å²) < 4.78 is 0.926. The standard InChI is InChI=1S/C15H20BrN3O2/c1-10(19-7-5-11(6-8-19)14(17)20)15(21)18-13-4-2-3-12(16)9-13/h2-4,9-11H,5-8H2,1H3,(H2,17,20)(H,18,21)/t10-/m1/s1. The first-order valence-electron chi connectivity index (χ1n) is 7.07. The SMILES string of the molecule is C[C@H](C(=O)Nc1cccc(Br)c1)N1CCC(C(N)=O)CC1. The number of primary amides is 1. The van der Waals surface area contributed by atoms with E-state index in [9.17, 15) is 9.59 Å². The predicted octanol–water partition coefficient (Wildman–Crippen LogP) is 1.97. The van der Waals surface area contributed by atoms with Gasteiger partial charge in [-0.3, -0.25) is 14.5 Å². The van der Waals surface area contributed by atoms with Gasteiger partial charge in [0.05, 0.1) is 6.04 Å². The minimum atomic E-state index is -0.235. The van der Waals surface area contributed by atoms with E-state index in [1.807, 2.05) is 31.2 Å². The van der Waals surface area contributed by atoms with Crippen molar-refractivity contribution < 1.29 is 9.59 Å². The Labute approximate surface area is 133 Å². The zero-order chi connectivity index (χ0) is 15.4. The van der Waals surface area contributed by atoms with Gasteiger partial charge in [0.15, 0.2) is 0 Å². The Morgan fingerprint density at radius 1 is 1.38 bits per heavy atom. The molecule has 1 aliphatic heterocycles. The summed E-state index contributed by atoms with van der Waals surface area (Å²) in [4.78, 5) is 25.5. The van der Waals surface area contributed by atoms with Crippen molar-refractivity contribution >= 4 is 33.4 Å². The molecule has 1 saturated heterocycles. The van der Waals surface area contributed by atoms with E-state index < -0.39 is 0 Å². The van der Waals surface area contributed by atoms with Crippen LogP contribution in [0.5, 0.6) is 0 Å². The molecule has 0 aliphatic carbocycles. The fraction of sp³-hybridized carbons (Fsp3) is 0.467. The molecule has 21 heavy (non-hydrogen) atoms. The Balaban J connectivity index is 1.90. The molecule has 6 heteroatoms. The molecule has 1 heterocycles. The number of carbonyl (C=O) groups is 2. The molecule has 0 radical (unpaired) electrons. The van der Waals surface area contributed by atoms with Gasteiger partial charge in [-0.15, -0.1) is 0 Å². The molecular weight excluding hydrogens is 334 g/mol. The second-order valence-electron chi connectivity index (χ2n) is 5.39. The number of carbonyl (C=O) groups excluding carboxylic acids is 2. The third-order valence-corrected chi connectivity index (χ3v) is 4.44. The van der Waals surface area contributed by atoms with Crippen LogP contribution in [0.4, 0.5) is 5.69 Å². The fourth-order valence-electron chi connectivity index (χ4n) is 2.55. The summed E-state index contributed by atoms with van der Waals surface area (Å²) in [6.07, 6.45) is 1.45. The highest BCUT2D eigenvalue weighted by Gasteiger charge is 2.28. The van der Waals surface area contributed by atoms with Crippen LogP contribution in [0.1, 0.15) is 19.8 Å². The quantitative estimate of drug-likeness (QED) is 0.868. The molecule has 3 N–H and O–H groups in total. The predicted molar refractivity (Wildman–Crippen MR) is 85.7 cm³/mol. The molecular formula is C15H20BrN3O2. The lowest BCUT2D eigenvalue weighted by atomic mass is 9.95. The van der Waals surface area contributed by atoms with Crippen LogP contribution >= 0.6 is 15.9 Å². The topological polar surface area (TPSA) is 75.4 Å². The number of amides is 2. The molecule has 0 bridgehead atoms. The van der Waals surface area contributed by atoms with Gasteiger partial charge >= 0.3 is 0 Å². The van der Waals surface area contributed by atoms with Crippen LogP contribution in [0.2, 0.25) is 0 Å². The van der Waals surface area contributed by atoms with Crippen molar-refractivity contribution in [2.24, 2.45) is 11.7 Å². The van der Waals surface area contributed by atoms with Gasteiger partial charge in [0.1, 0.15) is 0 Å². The maximum Gasteiger partial charge on any atom is 0.241 e. The van der Waals surface area contributed by atoms with Gasteiger partial charge in [0, 0.05) is 16.1 Å². The van der Waals surface area contributed by atoms with E-state index in [4.69, 9.17) is 5.73 Å². The Morgan fingerprint density at radius 3 is 2.62 bits per heavy atom. The van der Waals surface area contributed by atoms with Gasteiger partial charge in [0.25, 0.3) is 0 Å². The second kappa shape index (κ2) is 7.04. The van der Waals surface area contributed by atoms with Crippen molar-refractivity contribution in [1.29, 1.82) is 0 Å². The van der Waals surface area contributed by atoms with Crippen LogP contribution in [0, 0.1) is 5.92 Å². The Morgan fingerprint density at radius 2 is 2.05 bits per heavy atom. The average Bonchev–Trinajstić information content (AvgIpc) is 2.46. The maximum atomic E-state index is 12.3. The van der Waals surface area contributed by atoms with E-state index in [2.05, 4.69) is 26.1 Å². The van der Waals surface area contributed by atoms with Crippen molar-refractivity contribution in [3.8, 4) is 0 Å². The minimum Gasteiger partial charge on any atom is -0.369 e. The molecule has 0 saturated carbocycles. The summed E-state index contributed by atoms with van der Waals surface area (Å²) in [6, 6.07) is 7.28. The summed E-state index contributed by atoms with van der Waals surface area (Å²) in [6.45, 7) is 3.33. The molecule has 1 aliphatic rings. The van der Waals surface area contributed by atoms with Crippen LogP contribution in [0.25, 0.3) is 0 Å². The number of hydrogen-bond donors (Lipinski definition) is 2. The number of nitrogens with one attached hydrogen (secondary N) is 1. The zero-order valence-corrected chi connectivity index (χ0v) is 13.6. The van der Waals surface area contributed by atoms with Crippen molar-refractivity contribution in [3.05, 3.63) is 28.7 Å². The van der Waals surface area contributed by atoms with Crippen LogP contribution in [0.3, 0.4) is 0 Å². The molecule has 114 valence electrons. The van der Waals surface area contributed by atoms with Crippen molar-refractivity contribution in [2.45, 2.75) is 25.8 Å². The van der Waals surface area contributed by atoms with Crippen LogP contribution in [-0.4, -0.2) is 35.8 Å². The molecule has 2 amide bonds. The van der Waals surface area contributed by atoms with Crippen LogP contribution in [-0.2, 0) is 9.59 Å². The number of hydrogen-bond acceptors (Lipinski definition) is 3. The summed E-state index contributed by atoms with van der Waals surface area (Å²) >= 11 is 3.38. The summed E-state index contributed by atoms with van der Waals surface area (Å²) in [5.74, 6) is -0.326. The van der Waals surface area contributed by atoms with Crippen LogP contribution < -0.4 is 11.1 Å². The first-order valence-corrected chi connectivity index (χ1v) is 7.86. The third kappa shape index (κ3) is 4.28. The first kappa shape index (κ1) is 16.0. The second-order valence-corrected chi connectivity index (χ2v) is 6.30. The lowest BCUT2D eigenvalue weighted by Gasteiger charge is -2.34. The average molecular weight is 354 g/mol. The van der Waals surface area contributed by atoms with Gasteiger partial charge in [-0.1, -0.05) is 22.0 Å². The van der Waals surface area contributed by atoms with E-state index in [1.165, 1.54) is 0 Å². The Bertz CT molecular complexity index is 527. The summed E-state index contributed by atoms with van der Waals surface area (Å²) in [5.41, 5.74) is 6.10. The van der Waals surface area contributed by atoms with Gasteiger partial charge in [0.2, 0.25) is 11.8 Å². The number of likely N-dealkylation sites (tertiary alicyclic amines) is 1. The smallest absolute Gasteiger partial charge is 0.241 e. The number of nitrogens with zero attached hydrogens (tertiary/aromatic N) is 1. The number of benzene rings is 1. The van der Waals surface area contributed by atoms with E-state index >= 15 is 0 Å². The van der Waals surface area contributed by atoms with E-state index in [1.54, 1.807) is 0 Å². The maximum absolute atomic E-state index is 12.3. The molecule has 0 spiro atoms. The molecule has 1 atom stereocenters. The zero-order valence-electron chi connectivity index (χ0n) is 12.0. The van der Waals surface area contributed by atoms with E-state index in [0.717, 1.165) is 36.1 Å². The number of halogens is 1. The first-order chi connectivity index (χ1) is 9.97. The molecule has 1 aromatic carbocycles. The minimum absolute atomic E-state index is 0.0365. The van der Waals surface area contributed by atoms with Gasteiger partial charge in [-0.05, 0) is 51.1 Å². The van der Waals surface area contributed by atoms with Crippen LogP contribution in [0.15, 0.2) is 28.7 Å². The molecule has 2 rings (SSSR count). The van der Waals surface area contributed by atoms with E-state index in [0.29, 0.717) is 0 Å².